The number of carbonyl (C=O) groups is 2. The molecule has 8 nitrogen and oxygen atoms in total. The Labute approximate surface area is 261 Å². The fraction of sp³-hybridized carbons (Fsp3) is 0.471. The lowest BCUT2D eigenvalue weighted by Crippen LogP contribution is -2.40. The number of anilines is 1. The average Bonchev–Trinajstić information content (AvgIpc) is 3.02. The summed E-state index contributed by atoms with van der Waals surface area (Å²) in [5.41, 5.74) is 7.27. The van der Waals surface area contributed by atoms with Gasteiger partial charge in [-0.2, -0.15) is 0 Å². The van der Waals surface area contributed by atoms with Gasteiger partial charge in [-0.1, -0.05) is 41.4 Å². The van der Waals surface area contributed by atoms with Gasteiger partial charge in [-0.25, -0.2) is 0 Å². The minimum atomic E-state index is -0.223. The van der Waals surface area contributed by atoms with Gasteiger partial charge in [0.2, 0.25) is 6.41 Å². The lowest BCUT2D eigenvalue weighted by atomic mass is 9.98. The van der Waals surface area contributed by atoms with Crippen molar-refractivity contribution in [3.05, 3.63) is 75.5 Å². The predicted molar refractivity (Wildman–Crippen MR) is 174 cm³/mol. The van der Waals surface area contributed by atoms with E-state index >= 15 is 0 Å². The zero-order valence-corrected chi connectivity index (χ0v) is 26.6. The van der Waals surface area contributed by atoms with Gasteiger partial charge < -0.3 is 25.0 Å². The van der Waals surface area contributed by atoms with Crippen LogP contribution in [0.25, 0.3) is 11.1 Å². The van der Waals surface area contributed by atoms with Crippen molar-refractivity contribution in [2.24, 2.45) is 0 Å². The Morgan fingerprint density at radius 3 is 2.35 bits per heavy atom. The molecule has 232 valence electrons. The number of carbonyl (C=O) groups excluding carboxylic acids is 2. The van der Waals surface area contributed by atoms with E-state index in [2.05, 4.69) is 57.7 Å². The molecule has 2 aliphatic rings. The molecule has 2 aromatic rings. The van der Waals surface area contributed by atoms with Gasteiger partial charge >= 0.3 is 0 Å². The Morgan fingerprint density at radius 2 is 1.70 bits per heavy atom. The molecule has 0 aromatic heterocycles. The molecular weight excluding hydrogens is 564 g/mol. The maximum atomic E-state index is 13.7. The Morgan fingerprint density at radius 1 is 1.02 bits per heavy atom. The molecule has 9 heteroatoms. The highest BCUT2D eigenvalue weighted by Gasteiger charge is 2.26. The van der Waals surface area contributed by atoms with Gasteiger partial charge in [-0.15, -0.1) is 0 Å². The van der Waals surface area contributed by atoms with Crippen LogP contribution in [0, 0.1) is 0 Å². The molecule has 0 aliphatic carbocycles. The Balaban J connectivity index is 1.63. The van der Waals surface area contributed by atoms with Crippen LogP contribution in [0.3, 0.4) is 0 Å². The fourth-order valence-electron chi connectivity index (χ4n) is 5.62. The topological polar surface area (TPSA) is 83.1 Å². The molecular formula is C34H45ClN4O4. The van der Waals surface area contributed by atoms with Crippen molar-refractivity contribution >= 4 is 29.6 Å². The molecule has 2 saturated heterocycles. The quantitative estimate of drug-likeness (QED) is 0.242. The molecule has 2 N–H and O–H groups in total. The first-order valence-electron chi connectivity index (χ1n) is 15.2. The van der Waals surface area contributed by atoms with Gasteiger partial charge in [-0.05, 0) is 81.0 Å². The van der Waals surface area contributed by atoms with Gasteiger partial charge in [0.25, 0.3) is 5.91 Å². The Bertz CT molecular complexity index is 1310. The summed E-state index contributed by atoms with van der Waals surface area (Å²) >= 11 is 7.06. The number of nitrogens with one attached hydrogen (secondary N) is 2. The average molecular weight is 609 g/mol. The molecule has 4 rings (SSSR count). The first-order valence-corrected chi connectivity index (χ1v) is 15.6. The van der Waals surface area contributed by atoms with Crippen molar-refractivity contribution < 1.29 is 19.1 Å². The summed E-state index contributed by atoms with van der Waals surface area (Å²) in [5, 5.41) is 6.17. The number of ether oxygens (including phenoxy) is 2. The Hall–Kier alpha value is -3.17. The summed E-state index contributed by atoms with van der Waals surface area (Å²) in [4.78, 5) is 29.1. The van der Waals surface area contributed by atoms with Gasteiger partial charge in [0.15, 0.2) is 0 Å². The standard InChI is InChI=1S/C34H45ClN4O4/c1-5-39(30-10-14-42-15-11-30)32-20-29(28-8-6-27(7-9-28)22-38-12-16-43-17-13-38)19-31(33(32)35)34(41)36-21-25(3)24(2)18-26(4)37-23-40/h6-9,18-20,23,30H,5,10-17,21-22H2,1-4H3,(H,36,41)(H,37,40)/b25-24+,26-18-. The van der Waals surface area contributed by atoms with Gasteiger partial charge in [-0.3, -0.25) is 14.5 Å². The van der Waals surface area contributed by atoms with Crippen molar-refractivity contribution in [1.29, 1.82) is 0 Å². The number of nitrogens with zero attached hydrogens (tertiary/aromatic N) is 2. The Kier molecular flexibility index (Phi) is 12.2. The number of halogens is 1. The first-order chi connectivity index (χ1) is 20.8. The summed E-state index contributed by atoms with van der Waals surface area (Å²) in [6.45, 7) is 14.8. The first kappa shape index (κ1) is 32.7. The molecule has 2 aromatic carbocycles. The maximum absolute atomic E-state index is 13.7. The third-order valence-electron chi connectivity index (χ3n) is 8.28. The second-order valence-corrected chi connectivity index (χ2v) is 11.7. The van der Waals surface area contributed by atoms with Crippen molar-refractivity contribution in [3.63, 3.8) is 0 Å². The predicted octanol–water partition coefficient (Wildman–Crippen LogP) is 5.56. The zero-order valence-electron chi connectivity index (χ0n) is 25.9. The van der Waals surface area contributed by atoms with E-state index < -0.39 is 0 Å². The van der Waals surface area contributed by atoms with E-state index in [1.165, 1.54) is 5.56 Å². The monoisotopic (exact) mass is 608 g/mol. The summed E-state index contributed by atoms with van der Waals surface area (Å²) in [6.07, 6.45) is 4.38. The van der Waals surface area contributed by atoms with E-state index in [0.717, 1.165) is 99.1 Å². The van der Waals surface area contributed by atoms with Gasteiger partial charge in [0, 0.05) is 57.7 Å². The highest BCUT2D eigenvalue weighted by atomic mass is 35.5. The van der Waals surface area contributed by atoms with E-state index in [9.17, 15) is 9.59 Å². The number of morpholine rings is 1. The number of amides is 2. The van der Waals surface area contributed by atoms with Crippen LogP contribution in [0.15, 0.2) is 59.3 Å². The molecule has 0 saturated carbocycles. The van der Waals surface area contributed by atoms with Crippen LogP contribution in [-0.4, -0.2) is 75.9 Å². The summed E-state index contributed by atoms with van der Waals surface area (Å²) in [7, 11) is 0. The minimum Gasteiger partial charge on any atom is -0.381 e. The van der Waals surface area contributed by atoms with Crippen LogP contribution in [0.2, 0.25) is 5.02 Å². The molecule has 43 heavy (non-hydrogen) atoms. The summed E-state index contributed by atoms with van der Waals surface area (Å²) < 4.78 is 11.1. The van der Waals surface area contributed by atoms with E-state index in [-0.39, 0.29) is 5.91 Å². The molecule has 2 aliphatic heterocycles. The summed E-state index contributed by atoms with van der Waals surface area (Å²) in [6, 6.07) is 12.9. The minimum absolute atomic E-state index is 0.223. The number of hydrogen-bond acceptors (Lipinski definition) is 6. The van der Waals surface area contributed by atoms with E-state index in [1.807, 2.05) is 32.9 Å². The molecule has 2 heterocycles. The van der Waals surface area contributed by atoms with Crippen molar-refractivity contribution in [2.45, 2.75) is 53.1 Å². The molecule has 0 radical (unpaired) electrons. The zero-order chi connectivity index (χ0) is 30.8. The maximum Gasteiger partial charge on any atom is 0.253 e. The molecule has 0 bridgehead atoms. The van der Waals surface area contributed by atoms with Crippen molar-refractivity contribution in [1.82, 2.24) is 15.5 Å². The summed E-state index contributed by atoms with van der Waals surface area (Å²) in [5.74, 6) is -0.223. The SMILES string of the molecule is CCN(c1cc(-c2ccc(CN3CCOCC3)cc2)cc(C(=O)NC/C(C)=C(C)/C=C(/C)NC=O)c1Cl)C1CCOCC1. The number of benzene rings is 2. The van der Waals surface area contributed by atoms with Crippen LogP contribution in [0.5, 0.6) is 0 Å². The lowest BCUT2D eigenvalue weighted by Gasteiger charge is -2.36. The normalized spacial score (nSPS) is 17.3. The van der Waals surface area contributed by atoms with E-state index in [1.54, 1.807) is 0 Å². The van der Waals surface area contributed by atoms with Gasteiger partial charge in [0.1, 0.15) is 0 Å². The largest absolute Gasteiger partial charge is 0.381 e. The molecule has 0 spiro atoms. The third-order valence-corrected chi connectivity index (χ3v) is 8.68. The lowest BCUT2D eigenvalue weighted by molar-refractivity contribution is -0.108. The van der Waals surface area contributed by atoms with Crippen molar-refractivity contribution in [2.75, 3.05) is 57.5 Å². The highest BCUT2D eigenvalue weighted by molar-refractivity contribution is 6.36. The second kappa shape index (κ2) is 16.1. The third kappa shape index (κ3) is 8.92. The molecule has 0 atom stereocenters. The highest BCUT2D eigenvalue weighted by Crippen LogP contribution is 2.37. The second-order valence-electron chi connectivity index (χ2n) is 11.3. The fourth-order valence-corrected chi connectivity index (χ4v) is 5.93. The number of hydrogen-bond donors (Lipinski definition) is 2. The van der Waals surface area contributed by atoms with Crippen LogP contribution < -0.4 is 15.5 Å². The molecule has 0 unspecified atom stereocenters. The van der Waals surface area contributed by atoms with E-state index in [0.29, 0.717) is 29.6 Å². The van der Waals surface area contributed by atoms with Crippen molar-refractivity contribution in [3.8, 4) is 11.1 Å². The molecule has 2 fully saturated rings. The van der Waals surface area contributed by atoms with E-state index in [4.69, 9.17) is 21.1 Å². The number of allylic oxidation sites excluding steroid dienone is 3. The number of rotatable bonds is 12. The van der Waals surface area contributed by atoms with Crippen LogP contribution in [0.1, 0.15) is 56.5 Å². The van der Waals surface area contributed by atoms with Gasteiger partial charge in [0.05, 0.1) is 29.5 Å². The van der Waals surface area contributed by atoms with Crippen LogP contribution >= 0.6 is 11.6 Å². The van der Waals surface area contributed by atoms with Crippen LogP contribution in [-0.2, 0) is 20.8 Å². The smallest absolute Gasteiger partial charge is 0.253 e. The van der Waals surface area contributed by atoms with Crippen LogP contribution in [0.4, 0.5) is 5.69 Å². The molecule has 2 amide bonds.